The van der Waals surface area contributed by atoms with Gasteiger partial charge in [-0.1, -0.05) is 42.5 Å². The molecule has 3 aromatic rings. The summed E-state index contributed by atoms with van der Waals surface area (Å²) in [4.78, 5) is 22.0. The lowest BCUT2D eigenvalue weighted by Crippen LogP contribution is -2.53. The number of nitriles is 1. The van der Waals surface area contributed by atoms with Gasteiger partial charge in [-0.3, -0.25) is 4.90 Å². The van der Waals surface area contributed by atoms with Crippen LogP contribution < -0.4 is 14.5 Å². The lowest BCUT2D eigenvalue weighted by atomic mass is 9.99. The average Bonchev–Trinajstić information content (AvgIpc) is 3.80. The van der Waals surface area contributed by atoms with E-state index in [1.807, 2.05) is 0 Å². The van der Waals surface area contributed by atoms with Gasteiger partial charge in [0, 0.05) is 73.9 Å². The summed E-state index contributed by atoms with van der Waals surface area (Å²) in [5.41, 5.74) is 5.03. The molecule has 3 aliphatic rings. The Bertz CT molecular complexity index is 1580. The summed E-state index contributed by atoms with van der Waals surface area (Å²) in [6, 6.07) is 16.2. The molecule has 0 bridgehead atoms. The van der Waals surface area contributed by atoms with Crippen LogP contribution in [0.3, 0.4) is 0 Å². The van der Waals surface area contributed by atoms with Gasteiger partial charge in [0.1, 0.15) is 5.82 Å². The maximum Gasteiger partial charge on any atom is 0.318 e. The number of anilines is 2. The molecule has 0 spiro atoms. The van der Waals surface area contributed by atoms with Crippen molar-refractivity contribution in [2.75, 3.05) is 90.4 Å². The number of piperazine rings is 1. The zero-order chi connectivity index (χ0) is 32.3. The van der Waals surface area contributed by atoms with E-state index in [0.29, 0.717) is 19.0 Å². The highest BCUT2D eigenvalue weighted by molar-refractivity contribution is 5.97. The third-order valence-electron chi connectivity index (χ3n) is 9.78. The zero-order valence-electron chi connectivity index (χ0n) is 28.4. The molecule has 2 aliphatic heterocycles. The molecule has 1 saturated carbocycles. The van der Waals surface area contributed by atoms with Gasteiger partial charge in [0.2, 0.25) is 0 Å². The van der Waals surface area contributed by atoms with E-state index in [-0.39, 0.29) is 11.5 Å². The minimum absolute atomic E-state index is 0.145. The first kappa shape index (κ1) is 32.2. The number of fused-ring (bicyclic) bond motifs is 2. The van der Waals surface area contributed by atoms with Gasteiger partial charge in [-0.2, -0.15) is 15.2 Å². The molecule has 6 rings (SSSR count). The highest BCUT2D eigenvalue weighted by Gasteiger charge is 2.44. The molecule has 46 heavy (non-hydrogen) atoms. The molecular formula is C37H50N8O. The molecule has 9 heteroatoms. The van der Waals surface area contributed by atoms with Crippen LogP contribution in [0.4, 0.5) is 11.5 Å². The first-order valence-corrected chi connectivity index (χ1v) is 16.8. The van der Waals surface area contributed by atoms with Gasteiger partial charge >= 0.3 is 6.01 Å². The molecule has 9 nitrogen and oxygen atoms in total. The van der Waals surface area contributed by atoms with Crippen LogP contribution in [-0.2, 0) is 13.0 Å². The number of ether oxygens (including phenoxy) is 1. The van der Waals surface area contributed by atoms with Crippen LogP contribution in [0.5, 0.6) is 6.01 Å². The third-order valence-corrected chi connectivity index (χ3v) is 9.78. The smallest absolute Gasteiger partial charge is 0.318 e. The Morgan fingerprint density at radius 3 is 2.54 bits per heavy atom. The molecule has 244 valence electrons. The predicted octanol–water partition coefficient (Wildman–Crippen LogP) is 4.74. The van der Waals surface area contributed by atoms with Crippen LogP contribution in [0.2, 0.25) is 0 Å². The van der Waals surface area contributed by atoms with E-state index < -0.39 is 0 Å². The second kappa shape index (κ2) is 14.0. The summed E-state index contributed by atoms with van der Waals surface area (Å²) in [6.07, 6.45) is 8.18. The second-order valence-corrected chi connectivity index (χ2v) is 14.1. The number of hydrogen-bond acceptors (Lipinski definition) is 9. The van der Waals surface area contributed by atoms with E-state index in [4.69, 9.17) is 14.7 Å². The molecule has 0 amide bonds. The summed E-state index contributed by atoms with van der Waals surface area (Å²) in [5.74, 6) is 0.997. The van der Waals surface area contributed by atoms with Crippen molar-refractivity contribution in [2.24, 2.45) is 5.41 Å². The fourth-order valence-corrected chi connectivity index (χ4v) is 7.22. The Balaban J connectivity index is 1.29. The van der Waals surface area contributed by atoms with Crippen molar-refractivity contribution in [1.82, 2.24) is 24.7 Å². The molecule has 2 aromatic carbocycles. The number of aryl methyl sites for hydroxylation is 1. The van der Waals surface area contributed by atoms with E-state index in [0.717, 1.165) is 70.3 Å². The van der Waals surface area contributed by atoms with Gasteiger partial charge < -0.3 is 24.3 Å². The third kappa shape index (κ3) is 7.30. The van der Waals surface area contributed by atoms with Gasteiger partial charge in [0.05, 0.1) is 31.3 Å². The van der Waals surface area contributed by atoms with Crippen LogP contribution in [-0.4, -0.2) is 111 Å². The number of rotatable bonds is 12. The summed E-state index contributed by atoms with van der Waals surface area (Å²) >= 11 is 0. The Hall–Kier alpha value is -3.71. The molecule has 3 heterocycles. The topological polar surface area (TPSA) is 75.0 Å². The Morgan fingerprint density at radius 2 is 1.80 bits per heavy atom. The molecule has 1 aliphatic carbocycles. The Kier molecular flexibility index (Phi) is 9.78. The number of aromatic nitrogens is 2. The van der Waals surface area contributed by atoms with Crippen LogP contribution >= 0.6 is 0 Å². The monoisotopic (exact) mass is 622 g/mol. The van der Waals surface area contributed by atoms with E-state index in [9.17, 15) is 5.26 Å². The molecular weight excluding hydrogens is 572 g/mol. The Morgan fingerprint density at radius 1 is 1.00 bits per heavy atom. The maximum absolute atomic E-state index is 9.75. The quantitative estimate of drug-likeness (QED) is 0.266. The highest BCUT2D eigenvalue weighted by atomic mass is 16.5. The lowest BCUT2D eigenvalue weighted by Gasteiger charge is -2.42. The summed E-state index contributed by atoms with van der Waals surface area (Å²) in [5, 5.41) is 12.3. The second-order valence-electron chi connectivity index (χ2n) is 14.1. The molecule has 1 saturated heterocycles. The van der Waals surface area contributed by atoms with E-state index in [1.165, 1.54) is 40.4 Å². The molecule has 0 radical (unpaired) electrons. The van der Waals surface area contributed by atoms with Crippen molar-refractivity contribution >= 4 is 22.3 Å². The number of likely N-dealkylation sites (N-methyl/N-ethyl adjacent to an activating group) is 1. The van der Waals surface area contributed by atoms with Crippen molar-refractivity contribution in [3.63, 3.8) is 0 Å². The Labute approximate surface area is 275 Å². The van der Waals surface area contributed by atoms with Gasteiger partial charge in [0.25, 0.3) is 0 Å². The standard InChI is InChI=1S/C37H50N8O/c1-28-10-8-11-29-12-9-13-33(34(28)29)44-21-15-31-32(25-44)39-36(46-27-37(16-17-37)26-42(4)5)40-35(31)45-23-22-43(30(24-45)14-18-38)20-7-6-19-41(2)3/h6-13,30H,14-17,19-27H2,1-5H3/b7-6+. The van der Waals surface area contributed by atoms with Crippen LogP contribution in [0.25, 0.3) is 10.8 Å². The average molecular weight is 623 g/mol. The van der Waals surface area contributed by atoms with Gasteiger partial charge in [0.15, 0.2) is 0 Å². The van der Waals surface area contributed by atoms with Crippen molar-refractivity contribution in [2.45, 2.75) is 45.2 Å². The number of benzene rings is 2. The van der Waals surface area contributed by atoms with Gasteiger partial charge in [-0.15, -0.1) is 0 Å². The molecule has 2 fully saturated rings. The van der Waals surface area contributed by atoms with Crippen LogP contribution in [0.1, 0.15) is 36.1 Å². The van der Waals surface area contributed by atoms with Crippen LogP contribution in [0, 0.1) is 23.7 Å². The lowest BCUT2D eigenvalue weighted by molar-refractivity contribution is 0.181. The molecule has 1 atom stereocenters. The highest BCUT2D eigenvalue weighted by Crippen LogP contribution is 2.46. The maximum atomic E-state index is 9.75. The largest absolute Gasteiger partial charge is 0.463 e. The molecule has 0 N–H and O–H groups in total. The van der Waals surface area contributed by atoms with Crippen molar-refractivity contribution in [1.29, 1.82) is 5.26 Å². The van der Waals surface area contributed by atoms with E-state index in [2.05, 4.69) is 114 Å². The van der Waals surface area contributed by atoms with Crippen molar-refractivity contribution in [3.8, 4) is 12.1 Å². The minimum atomic E-state index is 0.145. The van der Waals surface area contributed by atoms with Crippen molar-refractivity contribution in [3.05, 3.63) is 65.4 Å². The van der Waals surface area contributed by atoms with Crippen LogP contribution in [0.15, 0.2) is 48.6 Å². The fraction of sp³-hybridized carbons (Fsp3) is 0.541. The zero-order valence-corrected chi connectivity index (χ0v) is 28.4. The van der Waals surface area contributed by atoms with E-state index >= 15 is 0 Å². The summed E-state index contributed by atoms with van der Waals surface area (Å²) < 4.78 is 6.47. The first-order valence-electron chi connectivity index (χ1n) is 16.8. The van der Waals surface area contributed by atoms with Gasteiger partial charge in [-0.05, 0) is 71.4 Å². The predicted molar refractivity (Wildman–Crippen MR) is 187 cm³/mol. The van der Waals surface area contributed by atoms with Gasteiger partial charge in [-0.25, -0.2) is 0 Å². The number of hydrogen-bond donors (Lipinski definition) is 0. The fourth-order valence-electron chi connectivity index (χ4n) is 7.22. The summed E-state index contributed by atoms with van der Waals surface area (Å²) in [6.45, 7) is 9.78. The number of nitrogens with zero attached hydrogens (tertiary/aromatic N) is 8. The first-order chi connectivity index (χ1) is 22.2. The van der Waals surface area contributed by atoms with Crippen molar-refractivity contribution < 1.29 is 4.74 Å². The normalized spacial score (nSPS) is 19.7. The molecule has 1 unspecified atom stereocenters. The SMILES string of the molecule is Cc1cccc2cccc(N3CCc4c(nc(OCC5(CN(C)C)CC5)nc4N4CCN(C/C=C/CN(C)C)C(CC#N)C4)C3)c12. The van der Waals surface area contributed by atoms with E-state index in [1.54, 1.807) is 0 Å². The summed E-state index contributed by atoms with van der Waals surface area (Å²) in [7, 11) is 8.42. The molecule has 1 aromatic heterocycles. The minimum Gasteiger partial charge on any atom is -0.463 e.